The van der Waals surface area contributed by atoms with Gasteiger partial charge in [0.25, 0.3) is 0 Å². The molecule has 0 saturated heterocycles. The zero-order valence-corrected chi connectivity index (χ0v) is 23.6. The molecular formula is C28H40N6O2S2. The highest BCUT2D eigenvalue weighted by atomic mass is 32.1. The molecule has 0 radical (unpaired) electrons. The highest BCUT2D eigenvalue weighted by Gasteiger charge is 1.99. The van der Waals surface area contributed by atoms with Crippen LogP contribution in [0.25, 0.3) is 0 Å². The molecule has 0 aliphatic heterocycles. The summed E-state index contributed by atoms with van der Waals surface area (Å²) in [6.45, 7) is 1.46. The molecule has 0 spiro atoms. The summed E-state index contributed by atoms with van der Waals surface area (Å²) in [5.41, 5.74) is 17.7. The van der Waals surface area contributed by atoms with Crippen LogP contribution in [0.1, 0.15) is 75.3 Å². The van der Waals surface area contributed by atoms with Crippen molar-refractivity contribution < 1.29 is 9.47 Å². The number of nitrogens with zero attached hydrogens (tertiary/aromatic N) is 2. The monoisotopic (exact) mass is 556 g/mol. The minimum atomic E-state index is 0.143. The topological polar surface area (TPSA) is 119 Å². The fourth-order valence-corrected chi connectivity index (χ4v) is 3.81. The van der Waals surface area contributed by atoms with Gasteiger partial charge in [0.1, 0.15) is 11.5 Å². The largest absolute Gasteiger partial charge is 0.494 e. The van der Waals surface area contributed by atoms with E-state index in [-0.39, 0.29) is 10.2 Å². The highest BCUT2D eigenvalue weighted by molar-refractivity contribution is 7.80. The lowest BCUT2D eigenvalue weighted by Crippen LogP contribution is -2.23. The van der Waals surface area contributed by atoms with E-state index in [0.717, 1.165) is 48.7 Å². The Labute approximate surface area is 237 Å². The normalized spacial score (nSPS) is 11.1. The van der Waals surface area contributed by atoms with Crippen molar-refractivity contribution in [3.63, 3.8) is 0 Å². The summed E-state index contributed by atoms with van der Waals surface area (Å²) in [4.78, 5) is 0. The zero-order valence-electron chi connectivity index (χ0n) is 21.9. The molecule has 206 valence electrons. The van der Waals surface area contributed by atoms with Crippen molar-refractivity contribution in [2.75, 3.05) is 13.2 Å². The van der Waals surface area contributed by atoms with Gasteiger partial charge >= 0.3 is 0 Å². The van der Waals surface area contributed by atoms with Gasteiger partial charge in [-0.2, -0.15) is 10.2 Å². The smallest absolute Gasteiger partial charge is 0.184 e. The number of unbranched alkanes of at least 4 members (excludes halogenated alkanes) is 9. The van der Waals surface area contributed by atoms with Gasteiger partial charge in [-0.1, -0.05) is 75.6 Å². The average molecular weight is 557 g/mol. The molecule has 0 heterocycles. The molecule has 0 bridgehead atoms. The third-order valence-corrected chi connectivity index (χ3v) is 5.75. The maximum Gasteiger partial charge on any atom is 0.184 e. The molecule has 0 atom stereocenters. The van der Waals surface area contributed by atoms with Gasteiger partial charge in [-0.15, -0.1) is 0 Å². The van der Waals surface area contributed by atoms with E-state index < -0.39 is 0 Å². The first-order valence-electron chi connectivity index (χ1n) is 13.2. The van der Waals surface area contributed by atoms with Crippen LogP contribution in [0.4, 0.5) is 0 Å². The lowest BCUT2D eigenvalue weighted by Gasteiger charge is -2.07. The van der Waals surface area contributed by atoms with Crippen LogP contribution < -0.4 is 31.8 Å². The van der Waals surface area contributed by atoms with E-state index in [9.17, 15) is 0 Å². The minimum Gasteiger partial charge on any atom is -0.494 e. The Hall–Kier alpha value is -3.24. The van der Waals surface area contributed by atoms with Gasteiger partial charge in [-0.3, -0.25) is 10.9 Å². The second-order valence-corrected chi connectivity index (χ2v) is 9.73. The van der Waals surface area contributed by atoms with Crippen LogP contribution in [-0.4, -0.2) is 35.9 Å². The third-order valence-electron chi connectivity index (χ3n) is 5.57. The number of ether oxygens (including phenoxy) is 2. The van der Waals surface area contributed by atoms with E-state index in [1.165, 1.54) is 51.4 Å². The van der Waals surface area contributed by atoms with Crippen LogP contribution in [-0.2, 0) is 0 Å². The quantitative estimate of drug-likeness (QED) is 0.0788. The summed E-state index contributed by atoms with van der Waals surface area (Å²) in [7, 11) is 0. The number of nitrogens with one attached hydrogen (secondary N) is 2. The zero-order chi connectivity index (χ0) is 27.3. The molecule has 0 unspecified atom stereocenters. The molecule has 2 aromatic carbocycles. The van der Waals surface area contributed by atoms with Crippen LogP contribution in [0.2, 0.25) is 0 Å². The first kappa shape index (κ1) is 31.0. The average Bonchev–Trinajstić information content (AvgIpc) is 2.89. The molecule has 38 heavy (non-hydrogen) atoms. The maximum atomic E-state index is 5.86. The molecule has 6 N–H and O–H groups in total. The van der Waals surface area contributed by atoms with E-state index in [1.54, 1.807) is 12.4 Å². The van der Waals surface area contributed by atoms with Gasteiger partial charge in [-0.25, -0.2) is 0 Å². The summed E-state index contributed by atoms with van der Waals surface area (Å²) in [5.74, 6) is 1.69. The van der Waals surface area contributed by atoms with Crippen LogP contribution in [0.15, 0.2) is 58.7 Å². The lowest BCUT2D eigenvalue weighted by atomic mass is 10.1. The number of hydrazone groups is 2. The molecule has 0 fully saturated rings. The predicted molar refractivity (Wildman–Crippen MR) is 165 cm³/mol. The summed E-state index contributed by atoms with van der Waals surface area (Å²) < 4.78 is 11.7. The number of hydrogen-bond donors (Lipinski definition) is 4. The Morgan fingerprint density at radius 3 is 1.37 bits per heavy atom. The summed E-state index contributed by atoms with van der Waals surface area (Å²) >= 11 is 9.45. The van der Waals surface area contributed by atoms with E-state index in [1.807, 2.05) is 48.5 Å². The van der Waals surface area contributed by atoms with Crippen molar-refractivity contribution >= 4 is 47.1 Å². The molecule has 10 heteroatoms. The first-order valence-corrected chi connectivity index (χ1v) is 14.0. The molecular weight excluding hydrogens is 516 g/mol. The summed E-state index contributed by atoms with van der Waals surface area (Å²) in [6, 6.07) is 15.6. The molecule has 0 aliphatic carbocycles. The van der Waals surface area contributed by atoms with E-state index in [2.05, 4.69) is 21.1 Å². The Morgan fingerprint density at radius 2 is 1.00 bits per heavy atom. The van der Waals surface area contributed by atoms with Crippen molar-refractivity contribution in [1.29, 1.82) is 0 Å². The fraction of sp³-hybridized carbons (Fsp3) is 0.429. The Balaban J connectivity index is 1.41. The maximum absolute atomic E-state index is 5.86. The Morgan fingerprint density at radius 1 is 0.632 bits per heavy atom. The van der Waals surface area contributed by atoms with Gasteiger partial charge in [-0.05, 0) is 72.7 Å². The molecule has 0 amide bonds. The predicted octanol–water partition coefficient (Wildman–Crippen LogP) is 5.38. The number of nitrogens with two attached hydrogens (primary N) is 2. The second kappa shape index (κ2) is 19.8. The van der Waals surface area contributed by atoms with Gasteiger partial charge in [0, 0.05) is 0 Å². The number of benzene rings is 2. The SMILES string of the molecule is NC(=S)N/N=C/c1cccc(OCCCCCCCCCCCCOc2cccc(/C=N/NC(N)=S)c2)c1. The Bertz CT molecular complexity index is 950. The van der Waals surface area contributed by atoms with Crippen molar-refractivity contribution in [3.8, 4) is 11.5 Å². The van der Waals surface area contributed by atoms with E-state index in [4.69, 9.17) is 45.4 Å². The number of thiocarbonyl (C=S) groups is 2. The van der Waals surface area contributed by atoms with Crippen molar-refractivity contribution in [2.45, 2.75) is 64.2 Å². The van der Waals surface area contributed by atoms with Crippen LogP contribution in [0.5, 0.6) is 11.5 Å². The van der Waals surface area contributed by atoms with Crippen LogP contribution in [0.3, 0.4) is 0 Å². The molecule has 8 nitrogen and oxygen atoms in total. The molecule has 0 aromatic heterocycles. The van der Waals surface area contributed by atoms with Crippen molar-refractivity contribution in [2.24, 2.45) is 21.7 Å². The Kier molecular flexibility index (Phi) is 16.2. The van der Waals surface area contributed by atoms with Crippen LogP contribution >= 0.6 is 24.4 Å². The first-order chi connectivity index (χ1) is 18.5. The number of rotatable bonds is 19. The van der Waals surface area contributed by atoms with Crippen molar-refractivity contribution in [1.82, 2.24) is 10.9 Å². The standard InChI is InChI=1S/C28H40N6O2S2/c29-27(37)33-31-21-23-13-11-15-25(19-23)35-17-9-7-5-3-1-2-4-6-8-10-18-36-26-16-12-14-24(20-26)22-32-34-28(30)38/h11-16,19-22H,1-10,17-18H2,(H3,29,33,37)(H3,30,34,38)/b31-21+,32-22+. The molecule has 0 aliphatic rings. The van der Waals surface area contributed by atoms with Gasteiger partial charge in [0.2, 0.25) is 0 Å². The van der Waals surface area contributed by atoms with Crippen molar-refractivity contribution in [3.05, 3.63) is 59.7 Å². The highest BCUT2D eigenvalue weighted by Crippen LogP contribution is 2.15. The van der Waals surface area contributed by atoms with Crippen LogP contribution in [0, 0.1) is 0 Å². The molecule has 2 aromatic rings. The summed E-state index contributed by atoms with van der Waals surface area (Å²) in [5, 5.41) is 8.21. The van der Waals surface area contributed by atoms with Gasteiger partial charge < -0.3 is 20.9 Å². The minimum absolute atomic E-state index is 0.143. The number of hydrogen-bond acceptors (Lipinski definition) is 6. The fourth-order valence-electron chi connectivity index (χ4n) is 3.71. The third kappa shape index (κ3) is 15.8. The van der Waals surface area contributed by atoms with E-state index in [0.29, 0.717) is 0 Å². The second-order valence-electron chi connectivity index (χ2n) is 8.85. The van der Waals surface area contributed by atoms with Gasteiger partial charge in [0.05, 0.1) is 25.6 Å². The van der Waals surface area contributed by atoms with Gasteiger partial charge in [0.15, 0.2) is 10.2 Å². The molecule has 2 rings (SSSR count). The van der Waals surface area contributed by atoms with E-state index >= 15 is 0 Å². The molecule has 0 saturated carbocycles. The summed E-state index contributed by atoms with van der Waals surface area (Å²) in [6.07, 6.45) is 15.5. The lowest BCUT2D eigenvalue weighted by molar-refractivity contribution is 0.303.